The molecule has 0 radical (unpaired) electrons. The molecule has 5 nitrogen and oxygen atoms in total. The van der Waals surface area contributed by atoms with Crippen molar-refractivity contribution < 1.29 is 9.90 Å². The number of phenols is 1. The number of phenolic OH excluding ortho intramolecular Hbond substituents is 1. The van der Waals surface area contributed by atoms with E-state index in [1.165, 1.54) is 4.90 Å². The largest absolute Gasteiger partial charge is 0.506 e. The Morgan fingerprint density at radius 2 is 1.90 bits per heavy atom. The molecule has 0 spiro atoms. The van der Waals surface area contributed by atoms with Crippen molar-refractivity contribution in [3.05, 3.63) is 54.7 Å². The number of rotatable bonds is 3. The van der Waals surface area contributed by atoms with Crippen molar-refractivity contribution in [2.24, 2.45) is 0 Å². The Labute approximate surface area is 115 Å². The second kappa shape index (κ2) is 4.97. The Morgan fingerprint density at radius 1 is 1.00 bits per heavy atom. The quantitative estimate of drug-likeness (QED) is 0.739. The van der Waals surface area contributed by atoms with Crippen LogP contribution in [-0.2, 0) is 4.79 Å². The minimum Gasteiger partial charge on any atom is -0.506 e. The molecule has 2 aromatic heterocycles. The molecule has 0 aliphatic heterocycles. The van der Waals surface area contributed by atoms with Crippen molar-refractivity contribution in [2.45, 2.75) is 0 Å². The molecule has 1 amide bonds. The molecule has 98 valence electrons. The van der Waals surface area contributed by atoms with Gasteiger partial charge in [-0.3, -0.25) is 9.69 Å². The van der Waals surface area contributed by atoms with Crippen molar-refractivity contribution in [3.8, 4) is 5.75 Å². The molecule has 0 bridgehead atoms. The van der Waals surface area contributed by atoms with E-state index in [9.17, 15) is 9.90 Å². The number of carbonyl (C=O) groups is 1. The van der Waals surface area contributed by atoms with Crippen LogP contribution in [0.1, 0.15) is 0 Å². The normalized spacial score (nSPS) is 10.4. The number of fused-ring (bicyclic) bond motifs is 1. The Morgan fingerprint density at radius 3 is 2.65 bits per heavy atom. The summed E-state index contributed by atoms with van der Waals surface area (Å²) in [5.74, 6) is 0.966. The zero-order valence-electron chi connectivity index (χ0n) is 10.5. The summed E-state index contributed by atoms with van der Waals surface area (Å²) in [4.78, 5) is 21.1. The zero-order chi connectivity index (χ0) is 13.9. The van der Waals surface area contributed by atoms with Gasteiger partial charge in [-0.15, -0.1) is 0 Å². The highest BCUT2D eigenvalue weighted by atomic mass is 16.3. The Kier molecular flexibility index (Phi) is 3.01. The van der Waals surface area contributed by atoms with Crippen LogP contribution in [0.5, 0.6) is 5.75 Å². The molecule has 0 saturated carbocycles. The first-order chi connectivity index (χ1) is 9.79. The van der Waals surface area contributed by atoms with Crippen LogP contribution < -0.4 is 4.90 Å². The van der Waals surface area contributed by atoms with E-state index in [1.54, 1.807) is 48.7 Å². The minimum atomic E-state index is 0.0798. The van der Waals surface area contributed by atoms with Crippen LogP contribution in [0.3, 0.4) is 0 Å². The van der Waals surface area contributed by atoms with Gasteiger partial charge in [0.1, 0.15) is 22.9 Å². The lowest BCUT2D eigenvalue weighted by Crippen LogP contribution is -2.16. The fourth-order valence-electron chi connectivity index (χ4n) is 1.98. The first-order valence-electron chi connectivity index (χ1n) is 6.04. The molecule has 0 unspecified atom stereocenters. The lowest BCUT2D eigenvalue weighted by atomic mass is 10.2. The maximum atomic E-state index is 11.3. The maximum absolute atomic E-state index is 11.3. The van der Waals surface area contributed by atoms with Gasteiger partial charge in [0, 0.05) is 11.6 Å². The van der Waals surface area contributed by atoms with Gasteiger partial charge in [0.05, 0.1) is 0 Å². The average Bonchev–Trinajstić information content (AvgIpc) is 2.50. The number of amides is 1. The lowest BCUT2D eigenvalue weighted by Gasteiger charge is -2.15. The summed E-state index contributed by atoms with van der Waals surface area (Å²) in [7, 11) is 0. The highest BCUT2D eigenvalue weighted by molar-refractivity contribution is 5.89. The van der Waals surface area contributed by atoms with Gasteiger partial charge in [0.25, 0.3) is 0 Å². The SMILES string of the molecule is O=CN(c1ccccn1)c1ccc2cccc(O)c2n1. The highest BCUT2D eigenvalue weighted by Gasteiger charge is 2.12. The Hall–Kier alpha value is -2.95. The van der Waals surface area contributed by atoms with E-state index in [0.29, 0.717) is 23.6 Å². The van der Waals surface area contributed by atoms with Gasteiger partial charge < -0.3 is 5.11 Å². The minimum absolute atomic E-state index is 0.0798. The molecule has 0 saturated heterocycles. The second-order valence-electron chi connectivity index (χ2n) is 4.18. The van der Waals surface area contributed by atoms with Gasteiger partial charge in [-0.2, -0.15) is 0 Å². The summed E-state index contributed by atoms with van der Waals surface area (Å²) in [6.45, 7) is 0. The molecule has 5 heteroatoms. The van der Waals surface area contributed by atoms with E-state index < -0.39 is 0 Å². The standard InChI is InChI=1S/C15H11N3O2/c19-10-18(13-6-1-2-9-16-13)14-8-7-11-4-3-5-12(20)15(11)17-14/h1-10,20H. The Bertz CT molecular complexity index is 759. The smallest absolute Gasteiger partial charge is 0.221 e. The third kappa shape index (κ3) is 2.05. The van der Waals surface area contributed by atoms with Gasteiger partial charge >= 0.3 is 0 Å². The number of hydrogen-bond donors (Lipinski definition) is 1. The number of anilines is 2. The molecule has 3 rings (SSSR count). The topological polar surface area (TPSA) is 66.3 Å². The molecule has 2 heterocycles. The molecule has 0 aliphatic carbocycles. The average molecular weight is 265 g/mol. The molecule has 20 heavy (non-hydrogen) atoms. The van der Waals surface area contributed by atoms with Crippen LogP contribution >= 0.6 is 0 Å². The molecule has 0 atom stereocenters. The number of benzene rings is 1. The predicted molar refractivity (Wildman–Crippen MR) is 75.8 cm³/mol. The van der Waals surface area contributed by atoms with Crippen molar-refractivity contribution in [2.75, 3.05) is 4.90 Å². The number of pyridine rings is 2. The molecular formula is C15H11N3O2. The van der Waals surface area contributed by atoms with Crippen LogP contribution in [0, 0.1) is 0 Å². The number of nitrogens with zero attached hydrogens (tertiary/aromatic N) is 3. The summed E-state index contributed by atoms with van der Waals surface area (Å²) in [6, 6.07) is 13.9. The molecule has 0 fully saturated rings. The van der Waals surface area contributed by atoms with Gasteiger partial charge in [-0.05, 0) is 30.3 Å². The first kappa shape index (κ1) is 12.1. The van der Waals surface area contributed by atoms with Crippen LogP contribution in [0.2, 0.25) is 0 Å². The van der Waals surface area contributed by atoms with Crippen LogP contribution in [-0.4, -0.2) is 21.5 Å². The summed E-state index contributed by atoms with van der Waals surface area (Å²) >= 11 is 0. The number of carbonyl (C=O) groups excluding carboxylic acids is 1. The second-order valence-corrected chi connectivity index (χ2v) is 4.18. The number of hydrogen-bond acceptors (Lipinski definition) is 4. The third-order valence-electron chi connectivity index (χ3n) is 2.93. The zero-order valence-corrected chi connectivity index (χ0v) is 10.5. The molecule has 1 N–H and O–H groups in total. The van der Waals surface area contributed by atoms with Crippen LogP contribution in [0.25, 0.3) is 10.9 Å². The van der Waals surface area contributed by atoms with E-state index >= 15 is 0 Å². The van der Waals surface area contributed by atoms with Gasteiger partial charge in [0.15, 0.2) is 0 Å². The number of para-hydroxylation sites is 1. The van der Waals surface area contributed by atoms with E-state index in [0.717, 1.165) is 5.39 Å². The third-order valence-corrected chi connectivity index (χ3v) is 2.93. The van der Waals surface area contributed by atoms with Gasteiger partial charge in [0.2, 0.25) is 6.41 Å². The van der Waals surface area contributed by atoms with E-state index in [4.69, 9.17) is 0 Å². The van der Waals surface area contributed by atoms with Gasteiger partial charge in [-0.25, -0.2) is 9.97 Å². The molecule has 0 aliphatic rings. The molecule has 3 aromatic rings. The fourth-order valence-corrected chi connectivity index (χ4v) is 1.98. The highest BCUT2D eigenvalue weighted by Crippen LogP contribution is 2.27. The fraction of sp³-hybridized carbons (Fsp3) is 0. The van der Waals surface area contributed by atoms with E-state index in [1.807, 2.05) is 6.07 Å². The van der Waals surface area contributed by atoms with Crippen molar-refractivity contribution in [1.29, 1.82) is 0 Å². The first-order valence-corrected chi connectivity index (χ1v) is 6.04. The number of aromatic hydroxyl groups is 1. The predicted octanol–water partition coefficient (Wildman–Crippen LogP) is 2.63. The maximum Gasteiger partial charge on any atom is 0.221 e. The van der Waals surface area contributed by atoms with E-state index in [2.05, 4.69) is 9.97 Å². The summed E-state index contributed by atoms with van der Waals surface area (Å²) in [5, 5.41) is 10.6. The van der Waals surface area contributed by atoms with E-state index in [-0.39, 0.29) is 5.75 Å². The van der Waals surface area contributed by atoms with Gasteiger partial charge in [-0.1, -0.05) is 18.2 Å². The molecule has 1 aromatic carbocycles. The summed E-state index contributed by atoms with van der Waals surface area (Å²) < 4.78 is 0. The summed E-state index contributed by atoms with van der Waals surface area (Å²) in [6.07, 6.45) is 2.25. The van der Waals surface area contributed by atoms with Crippen LogP contribution in [0.4, 0.5) is 11.6 Å². The van der Waals surface area contributed by atoms with Crippen molar-refractivity contribution >= 4 is 28.9 Å². The number of aromatic nitrogens is 2. The molecular weight excluding hydrogens is 254 g/mol. The monoisotopic (exact) mass is 265 g/mol. The summed E-state index contributed by atoms with van der Waals surface area (Å²) in [5.41, 5.74) is 0.452. The Balaban J connectivity index is 2.13. The van der Waals surface area contributed by atoms with Crippen LogP contribution in [0.15, 0.2) is 54.7 Å². The van der Waals surface area contributed by atoms with Crippen molar-refractivity contribution in [1.82, 2.24) is 9.97 Å². The lowest BCUT2D eigenvalue weighted by molar-refractivity contribution is -0.106. The van der Waals surface area contributed by atoms with Crippen molar-refractivity contribution in [3.63, 3.8) is 0 Å².